The van der Waals surface area contributed by atoms with Gasteiger partial charge < -0.3 is 19.2 Å². The molecular weight excluding hydrogens is 246 g/mol. The van der Waals surface area contributed by atoms with Crippen molar-refractivity contribution in [2.75, 3.05) is 13.2 Å². The van der Waals surface area contributed by atoms with Crippen molar-refractivity contribution in [3.8, 4) is 0 Å². The second kappa shape index (κ2) is 5.35. The number of amides is 1. The molecule has 5 nitrogen and oxygen atoms in total. The molecule has 1 amide bonds. The molecule has 19 heavy (non-hydrogen) atoms. The maximum Gasteiger partial charge on any atom is 0.287 e. The smallest absolute Gasteiger partial charge is 0.287 e. The van der Waals surface area contributed by atoms with Gasteiger partial charge in [0.1, 0.15) is 6.10 Å². The SMILES string of the molecule is O=C(NC[C@@H]1COC2(CCCCC2)O1)c1ccco1. The number of nitrogens with one attached hydrogen (secondary N) is 1. The highest BCUT2D eigenvalue weighted by molar-refractivity contribution is 5.91. The van der Waals surface area contributed by atoms with E-state index < -0.39 is 0 Å². The van der Waals surface area contributed by atoms with E-state index in [-0.39, 0.29) is 17.8 Å². The van der Waals surface area contributed by atoms with Crippen LogP contribution < -0.4 is 5.32 Å². The van der Waals surface area contributed by atoms with Crippen molar-refractivity contribution in [1.29, 1.82) is 0 Å². The molecule has 0 radical (unpaired) electrons. The molecule has 3 rings (SSSR count). The molecule has 1 atom stereocenters. The van der Waals surface area contributed by atoms with Crippen LogP contribution in [0.15, 0.2) is 22.8 Å². The average molecular weight is 265 g/mol. The molecule has 1 aliphatic heterocycles. The van der Waals surface area contributed by atoms with Gasteiger partial charge >= 0.3 is 0 Å². The third kappa shape index (κ3) is 2.82. The van der Waals surface area contributed by atoms with Gasteiger partial charge in [0.25, 0.3) is 5.91 Å². The molecular formula is C14H19NO4. The second-order valence-electron chi connectivity index (χ2n) is 5.21. The molecule has 1 aromatic rings. The Kier molecular flexibility index (Phi) is 3.57. The van der Waals surface area contributed by atoms with Crippen molar-refractivity contribution < 1.29 is 18.7 Å². The van der Waals surface area contributed by atoms with E-state index in [0.717, 1.165) is 25.7 Å². The Bertz CT molecular complexity index is 423. The number of carbonyl (C=O) groups is 1. The highest BCUT2D eigenvalue weighted by atomic mass is 16.7. The summed E-state index contributed by atoms with van der Waals surface area (Å²) in [4.78, 5) is 11.7. The van der Waals surface area contributed by atoms with Crippen molar-refractivity contribution >= 4 is 5.91 Å². The largest absolute Gasteiger partial charge is 0.459 e. The van der Waals surface area contributed by atoms with E-state index in [9.17, 15) is 4.79 Å². The Morgan fingerprint density at radius 2 is 2.21 bits per heavy atom. The van der Waals surface area contributed by atoms with E-state index >= 15 is 0 Å². The number of furan rings is 1. The van der Waals surface area contributed by atoms with Crippen molar-refractivity contribution in [1.82, 2.24) is 5.32 Å². The van der Waals surface area contributed by atoms with Crippen LogP contribution in [0.1, 0.15) is 42.7 Å². The van der Waals surface area contributed by atoms with Crippen molar-refractivity contribution in [2.45, 2.75) is 44.0 Å². The number of carbonyl (C=O) groups excluding carboxylic acids is 1. The first-order valence-corrected chi connectivity index (χ1v) is 6.91. The van der Waals surface area contributed by atoms with Crippen LogP contribution in [0.4, 0.5) is 0 Å². The van der Waals surface area contributed by atoms with E-state index in [1.807, 2.05) is 0 Å². The van der Waals surface area contributed by atoms with Gasteiger partial charge in [0.05, 0.1) is 12.9 Å². The maximum atomic E-state index is 11.7. The first kappa shape index (κ1) is 12.7. The van der Waals surface area contributed by atoms with E-state index in [1.54, 1.807) is 12.1 Å². The Labute approximate surface area is 112 Å². The lowest BCUT2D eigenvalue weighted by atomic mass is 9.94. The lowest BCUT2D eigenvalue weighted by molar-refractivity contribution is -0.186. The summed E-state index contributed by atoms with van der Waals surface area (Å²) in [6.45, 7) is 1.01. The summed E-state index contributed by atoms with van der Waals surface area (Å²) < 4.78 is 16.8. The highest BCUT2D eigenvalue weighted by Crippen LogP contribution is 2.37. The molecule has 2 heterocycles. The average Bonchev–Trinajstić information content (AvgIpc) is 3.08. The first-order chi connectivity index (χ1) is 9.27. The van der Waals surface area contributed by atoms with E-state index in [2.05, 4.69) is 5.32 Å². The molecule has 1 aliphatic carbocycles. The molecule has 1 N–H and O–H groups in total. The van der Waals surface area contributed by atoms with E-state index in [4.69, 9.17) is 13.9 Å². The van der Waals surface area contributed by atoms with Crippen molar-refractivity contribution in [2.24, 2.45) is 0 Å². The van der Waals surface area contributed by atoms with Crippen LogP contribution in [-0.2, 0) is 9.47 Å². The molecule has 1 aromatic heterocycles. The Morgan fingerprint density at radius 3 is 2.95 bits per heavy atom. The topological polar surface area (TPSA) is 60.7 Å². The van der Waals surface area contributed by atoms with Gasteiger partial charge in [-0.2, -0.15) is 0 Å². The first-order valence-electron chi connectivity index (χ1n) is 6.91. The van der Waals surface area contributed by atoms with E-state index in [1.165, 1.54) is 12.7 Å². The number of hydrogen-bond donors (Lipinski definition) is 1. The van der Waals surface area contributed by atoms with Crippen LogP contribution in [-0.4, -0.2) is 30.9 Å². The molecule has 1 saturated carbocycles. The van der Waals surface area contributed by atoms with Gasteiger partial charge in [0.15, 0.2) is 11.5 Å². The van der Waals surface area contributed by atoms with Gasteiger partial charge in [-0.15, -0.1) is 0 Å². The van der Waals surface area contributed by atoms with Gasteiger partial charge in [0, 0.05) is 19.4 Å². The molecule has 1 spiro atoms. The Morgan fingerprint density at radius 1 is 1.37 bits per heavy atom. The zero-order valence-corrected chi connectivity index (χ0v) is 10.9. The summed E-state index contributed by atoms with van der Waals surface area (Å²) in [6, 6.07) is 3.34. The zero-order chi connectivity index (χ0) is 13.1. The van der Waals surface area contributed by atoms with Crippen LogP contribution in [0.2, 0.25) is 0 Å². The summed E-state index contributed by atoms with van der Waals surface area (Å²) in [7, 11) is 0. The number of hydrogen-bond acceptors (Lipinski definition) is 4. The van der Waals surface area contributed by atoms with Gasteiger partial charge in [-0.05, 0) is 25.0 Å². The molecule has 0 aromatic carbocycles. The maximum absolute atomic E-state index is 11.7. The van der Waals surface area contributed by atoms with Gasteiger partial charge in [0.2, 0.25) is 0 Å². The monoisotopic (exact) mass is 265 g/mol. The minimum atomic E-state index is -0.377. The lowest BCUT2D eigenvalue weighted by Gasteiger charge is -2.31. The number of ether oxygens (including phenoxy) is 2. The molecule has 2 fully saturated rings. The Balaban J connectivity index is 1.48. The predicted molar refractivity (Wildman–Crippen MR) is 67.7 cm³/mol. The fourth-order valence-corrected chi connectivity index (χ4v) is 2.77. The molecule has 0 unspecified atom stereocenters. The predicted octanol–water partition coefficient (Wildman–Crippen LogP) is 2.09. The fraction of sp³-hybridized carbons (Fsp3) is 0.643. The fourth-order valence-electron chi connectivity index (χ4n) is 2.77. The standard InChI is InChI=1S/C14H19NO4/c16-13(12-5-4-8-17-12)15-9-11-10-18-14(19-11)6-2-1-3-7-14/h4-5,8,11H,1-3,6-7,9-10H2,(H,15,16)/t11-/m1/s1. The third-order valence-electron chi connectivity index (χ3n) is 3.76. The quantitative estimate of drug-likeness (QED) is 0.909. The lowest BCUT2D eigenvalue weighted by Crippen LogP contribution is -2.37. The van der Waals surface area contributed by atoms with E-state index in [0.29, 0.717) is 18.9 Å². The van der Waals surface area contributed by atoms with Crippen LogP contribution in [0, 0.1) is 0 Å². The van der Waals surface area contributed by atoms with Crippen LogP contribution in [0.3, 0.4) is 0 Å². The van der Waals surface area contributed by atoms with Crippen LogP contribution >= 0.6 is 0 Å². The normalized spacial score (nSPS) is 25.6. The molecule has 2 aliphatic rings. The Hall–Kier alpha value is -1.33. The molecule has 5 heteroatoms. The minimum absolute atomic E-state index is 0.0583. The summed E-state index contributed by atoms with van der Waals surface area (Å²) in [5.41, 5.74) is 0. The third-order valence-corrected chi connectivity index (χ3v) is 3.76. The number of rotatable bonds is 3. The van der Waals surface area contributed by atoms with Gasteiger partial charge in [-0.3, -0.25) is 4.79 Å². The van der Waals surface area contributed by atoms with Crippen molar-refractivity contribution in [3.05, 3.63) is 24.2 Å². The molecule has 1 saturated heterocycles. The summed E-state index contributed by atoms with van der Waals surface area (Å²) in [6.07, 6.45) is 6.94. The summed E-state index contributed by atoms with van der Waals surface area (Å²) in [5.74, 6) is -0.261. The summed E-state index contributed by atoms with van der Waals surface area (Å²) >= 11 is 0. The highest BCUT2D eigenvalue weighted by Gasteiger charge is 2.42. The van der Waals surface area contributed by atoms with Gasteiger partial charge in [-0.1, -0.05) is 6.42 Å². The van der Waals surface area contributed by atoms with Crippen LogP contribution in [0.25, 0.3) is 0 Å². The summed E-state index contributed by atoms with van der Waals surface area (Å²) in [5, 5.41) is 2.81. The minimum Gasteiger partial charge on any atom is -0.459 e. The van der Waals surface area contributed by atoms with Crippen LogP contribution in [0.5, 0.6) is 0 Å². The van der Waals surface area contributed by atoms with Crippen molar-refractivity contribution in [3.63, 3.8) is 0 Å². The second-order valence-corrected chi connectivity index (χ2v) is 5.21. The zero-order valence-electron chi connectivity index (χ0n) is 10.9. The molecule has 104 valence electrons. The van der Waals surface area contributed by atoms with Gasteiger partial charge in [-0.25, -0.2) is 0 Å². The molecule has 0 bridgehead atoms.